The first-order chi connectivity index (χ1) is 12.5. The number of hydrogen-bond donors (Lipinski definition) is 2. The number of hydrogen-bond acceptors (Lipinski definition) is 4. The molecule has 3 aromatic rings. The summed E-state index contributed by atoms with van der Waals surface area (Å²) in [5.74, 6) is 0.604. The van der Waals surface area contributed by atoms with Gasteiger partial charge >= 0.3 is 6.61 Å². The van der Waals surface area contributed by atoms with Crippen molar-refractivity contribution in [1.82, 2.24) is 15.2 Å². The molecule has 136 valence electrons. The molecular formula is C17H14ClF2N3O3. The van der Waals surface area contributed by atoms with Gasteiger partial charge in [0, 0.05) is 5.56 Å². The first-order valence-electron chi connectivity index (χ1n) is 8.00. The summed E-state index contributed by atoms with van der Waals surface area (Å²) in [5, 5.41) is 6.55. The van der Waals surface area contributed by atoms with Gasteiger partial charge in [-0.25, -0.2) is 5.10 Å². The van der Waals surface area contributed by atoms with Crippen LogP contribution in [0, 0.1) is 5.92 Å². The Morgan fingerprint density at radius 2 is 2.12 bits per heavy atom. The summed E-state index contributed by atoms with van der Waals surface area (Å²) in [6.07, 6.45) is 3.58. The zero-order chi connectivity index (χ0) is 18.3. The van der Waals surface area contributed by atoms with Crippen LogP contribution in [0.2, 0.25) is 5.02 Å². The number of nitrogens with one attached hydrogen (secondary N) is 2. The molecule has 0 atom stereocenters. The third kappa shape index (κ3) is 3.24. The number of benzene rings is 1. The standard InChI is InChI=1S/C17H14ClF2N3O3/c18-14-13-10(6-21-23-16(13)24)22-15(14)9-3-4-11(26-17(19)20)12(5-9)25-7-8-1-2-8/h3-6,8,17,22H,1-2,7H2,(H,23,24). The number of nitrogens with zero attached hydrogens (tertiary/aromatic N) is 1. The van der Waals surface area contributed by atoms with Crippen LogP contribution in [0.15, 0.2) is 29.2 Å². The van der Waals surface area contributed by atoms with Crippen molar-refractivity contribution in [2.75, 3.05) is 6.61 Å². The highest BCUT2D eigenvalue weighted by Gasteiger charge is 2.23. The summed E-state index contributed by atoms with van der Waals surface area (Å²) in [4.78, 5) is 14.9. The summed E-state index contributed by atoms with van der Waals surface area (Å²) in [6.45, 7) is -2.52. The maximum atomic E-state index is 12.6. The van der Waals surface area contributed by atoms with Crippen LogP contribution in [0.4, 0.5) is 8.78 Å². The number of aromatic amines is 2. The molecule has 1 aliphatic carbocycles. The monoisotopic (exact) mass is 381 g/mol. The number of H-pyrrole nitrogens is 2. The third-order valence-electron chi connectivity index (χ3n) is 4.17. The Morgan fingerprint density at radius 3 is 2.81 bits per heavy atom. The van der Waals surface area contributed by atoms with E-state index in [4.69, 9.17) is 16.3 Å². The van der Waals surface area contributed by atoms with Crippen molar-refractivity contribution in [2.24, 2.45) is 5.92 Å². The Kier molecular flexibility index (Phi) is 4.28. The van der Waals surface area contributed by atoms with Crippen LogP contribution in [0.5, 0.6) is 11.5 Å². The maximum absolute atomic E-state index is 12.6. The molecule has 6 nitrogen and oxygen atoms in total. The van der Waals surface area contributed by atoms with Gasteiger partial charge in [-0.1, -0.05) is 11.6 Å². The Morgan fingerprint density at radius 1 is 1.31 bits per heavy atom. The van der Waals surface area contributed by atoms with Crippen molar-refractivity contribution in [3.8, 4) is 22.8 Å². The van der Waals surface area contributed by atoms with E-state index in [1.165, 1.54) is 12.3 Å². The van der Waals surface area contributed by atoms with E-state index in [0.717, 1.165) is 12.8 Å². The van der Waals surface area contributed by atoms with Crippen LogP contribution < -0.4 is 15.0 Å². The maximum Gasteiger partial charge on any atom is 0.387 e. The molecule has 0 bridgehead atoms. The molecule has 1 saturated carbocycles. The van der Waals surface area contributed by atoms with Crippen molar-refractivity contribution in [3.05, 3.63) is 39.8 Å². The Bertz CT molecular complexity index is 1010. The molecule has 9 heteroatoms. The molecule has 0 amide bonds. The first-order valence-corrected chi connectivity index (χ1v) is 8.37. The summed E-state index contributed by atoms with van der Waals surface area (Å²) < 4.78 is 35.5. The Hall–Kier alpha value is -2.61. The highest BCUT2D eigenvalue weighted by atomic mass is 35.5. The predicted octanol–water partition coefficient (Wildman–Crippen LogP) is 3.96. The highest BCUT2D eigenvalue weighted by molar-refractivity contribution is 6.38. The SMILES string of the molecule is O=c1[nH]ncc2[nH]c(-c3ccc(OC(F)F)c(OCC4CC4)c3)c(Cl)c12. The number of ether oxygens (including phenoxy) is 2. The van der Waals surface area contributed by atoms with Crippen LogP contribution in [-0.2, 0) is 0 Å². The van der Waals surface area contributed by atoms with Gasteiger partial charge in [0.15, 0.2) is 11.5 Å². The fraction of sp³-hybridized carbons (Fsp3) is 0.294. The lowest BCUT2D eigenvalue weighted by molar-refractivity contribution is -0.0515. The van der Waals surface area contributed by atoms with Gasteiger partial charge in [-0.3, -0.25) is 4.79 Å². The van der Waals surface area contributed by atoms with Gasteiger partial charge in [-0.15, -0.1) is 0 Å². The minimum atomic E-state index is -2.95. The van der Waals surface area contributed by atoms with Gasteiger partial charge in [0.2, 0.25) is 0 Å². The summed E-state index contributed by atoms with van der Waals surface area (Å²) in [7, 11) is 0. The summed E-state index contributed by atoms with van der Waals surface area (Å²) in [5.41, 5.74) is 1.11. The van der Waals surface area contributed by atoms with Crippen LogP contribution in [-0.4, -0.2) is 28.4 Å². The Balaban J connectivity index is 1.76. The molecule has 0 radical (unpaired) electrons. The number of rotatable bonds is 6. The quantitative estimate of drug-likeness (QED) is 0.677. The molecular weight excluding hydrogens is 368 g/mol. The smallest absolute Gasteiger partial charge is 0.387 e. The van der Waals surface area contributed by atoms with Crippen molar-refractivity contribution in [3.63, 3.8) is 0 Å². The summed E-state index contributed by atoms with van der Waals surface area (Å²) in [6, 6.07) is 4.53. The van der Waals surface area contributed by atoms with Crippen molar-refractivity contribution in [1.29, 1.82) is 0 Å². The molecule has 0 spiro atoms. The normalized spacial score (nSPS) is 14.2. The zero-order valence-electron chi connectivity index (χ0n) is 13.4. The van der Waals surface area contributed by atoms with Crippen LogP contribution in [0.25, 0.3) is 22.2 Å². The average Bonchev–Trinajstić information content (AvgIpc) is 3.36. The van der Waals surface area contributed by atoms with E-state index in [1.54, 1.807) is 12.1 Å². The molecule has 0 aliphatic heterocycles. The van der Waals surface area contributed by atoms with Crippen molar-refractivity contribution in [2.45, 2.75) is 19.5 Å². The largest absolute Gasteiger partial charge is 0.489 e. The average molecular weight is 382 g/mol. The zero-order valence-corrected chi connectivity index (χ0v) is 14.1. The Labute approximate surface area is 151 Å². The predicted molar refractivity (Wildman–Crippen MR) is 92.0 cm³/mol. The number of halogens is 3. The first kappa shape index (κ1) is 16.8. The molecule has 2 heterocycles. The fourth-order valence-corrected chi connectivity index (χ4v) is 3.03. The van der Waals surface area contributed by atoms with Gasteiger partial charge in [0.25, 0.3) is 5.56 Å². The van der Waals surface area contributed by atoms with E-state index in [0.29, 0.717) is 29.3 Å². The van der Waals surface area contributed by atoms with Crippen molar-refractivity contribution >= 4 is 22.5 Å². The third-order valence-corrected chi connectivity index (χ3v) is 4.55. The summed E-state index contributed by atoms with van der Waals surface area (Å²) >= 11 is 6.34. The van der Waals surface area contributed by atoms with E-state index in [2.05, 4.69) is 19.9 Å². The molecule has 0 saturated heterocycles. The van der Waals surface area contributed by atoms with E-state index >= 15 is 0 Å². The lowest BCUT2D eigenvalue weighted by Crippen LogP contribution is -2.06. The molecule has 0 unspecified atom stereocenters. The van der Waals surface area contributed by atoms with Crippen LogP contribution in [0.3, 0.4) is 0 Å². The van der Waals surface area contributed by atoms with Crippen molar-refractivity contribution < 1.29 is 18.3 Å². The number of alkyl halides is 2. The molecule has 1 fully saturated rings. The number of fused-ring (bicyclic) bond motifs is 1. The second-order valence-electron chi connectivity index (χ2n) is 6.10. The molecule has 2 N–H and O–H groups in total. The van der Waals surface area contributed by atoms with Gasteiger partial charge in [0.1, 0.15) is 0 Å². The van der Waals surface area contributed by atoms with E-state index in [1.807, 2.05) is 0 Å². The van der Waals surface area contributed by atoms with E-state index < -0.39 is 12.2 Å². The van der Waals surface area contributed by atoms with Crippen LogP contribution in [0.1, 0.15) is 12.8 Å². The van der Waals surface area contributed by atoms with Gasteiger partial charge in [0.05, 0.1) is 34.4 Å². The molecule has 2 aromatic heterocycles. The molecule has 1 aliphatic rings. The lowest BCUT2D eigenvalue weighted by atomic mass is 10.1. The second-order valence-corrected chi connectivity index (χ2v) is 6.47. The highest BCUT2D eigenvalue weighted by Crippen LogP contribution is 2.39. The lowest BCUT2D eigenvalue weighted by Gasteiger charge is -2.13. The van der Waals surface area contributed by atoms with Crippen LogP contribution >= 0.6 is 11.6 Å². The molecule has 4 rings (SSSR count). The molecule has 1 aromatic carbocycles. The fourth-order valence-electron chi connectivity index (χ4n) is 2.69. The van der Waals surface area contributed by atoms with Gasteiger partial charge in [-0.2, -0.15) is 13.9 Å². The minimum Gasteiger partial charge on any atom is -0.489 e. The van der Waals surface area contributed by atoms with Gasteiger partial charge in [-0.05, 0) is 37.0 Å². The van der Waals surface area contributed by atoms with Gasteiger partial charge < -0.3 is 14.5 Å². The molecule has 26 heavy (non-hydrogen) atoms. The minimum absolute atomic E-state index is 0.0452. The second kappa shape index (κ2) is 6.60. The van der Waals surface area contributed by atoms with E-state index in [9.17, 15) is 13.6 Å². The van der Waals surface area contributed by atoms with E-state index in [-0.39, 0.29) is 21.9 Å². The number of aromatic nitrogens is 3. The topological polar surface area (TPSA) is 80.0 Å².